The Balaban J connectivity index is 1.16. The molecule has 0 aromatic rings. The second-order valence-electron chi connectivity index (χ2n) is 10.3. The van der Waals surface area contributed by atoms with Crippen molar-refractivity contribution < 1.29 is 0 Å². The van der Waals surface area contributed by atoms with Gasteiger partial charge in [0.25, 0.3) is 0 Å². The van der Waals surface area contributed by atoms with E-state index in [1.165, 1.54) is 104 Å². The molecule has 4 aliphatic rings. The van der Waals surface area contributed by atoms with E-state index in [9.17, 15) is 0 Å². The highest BCUT2D eigenvalue weighted by Crippen LogP contribution is 2.49. The maximum Gasteiger partial charge on any atom is 0.0121 e. The minimum absolute atomic E-state index is 0.715. The smallest absolute Gasteiger partial charge is 0.0121 e. The SMILES string of the molecule is CCC1(CN2CCC(N3CCC(N4CCN(C(C)C)CC4)CC3)CC2)CC1. The molecule has 3 saturated heterocycles. The third-order valence-corrected chi connectivity index (χ3v) is 8.43. The molecule has 156 valence electrons. The predicted molar refractivity (Wildman–Crippen MR) is 114 cm³/mol. The summed E-state index contributed by atoms with van der Waals surface area (Å²) in [5.74, 6) is 0. The summed E-state index contributed by atoms with van der Waals surface area (Å²) in [7, 11) is 0. The molecule has 0 atom stereocenters. The van der Waals surface area contributed by atoms with Crippen LogP contribution in [0.1, 0.15) is 65.7 Å². The van der Waals surface area contributed by atoms with E-state index < -0.39 is 0 Å². The molecule has 0 unspecified atom stereocenters. The first-order chi connectivity index (χ1) is 13.1. The van der Waals surface area contributed by atoms with Crippen molar-refractivity contribution in [2.45, 2.75) is 83.8 Å². The topological polar surface area (TPSA) is 13.0 Å². The summed E-state index contributed by atoms with van der Waals surface area (Å²) in [6.45, 7) is 19.0. The van der Waals surface area contributed by atoms with Gasteiger partial charge in [-0.3, -0.25) is 9.80 Å². The molecule has 4 rings (SSSR count). The Kier molecular flexibility index (Phi) is 6.48. The summed E-state index contributed by atoms with van der Waals surface area (Å²) in [6.07, 6.45) is 10.0. The molecule has 0 radical (unpaired) electrons. The summed E-state index contributed by atoms with van der Waals surface area (Å²) in [6, 6.07) is 2.44. The highest BCUT2D eigenvalue weighted by atomic mass is 15.3. The molecule has 27 heavy (non-hydrogen) atoms. The highest BCUT2D eigenvalue weighted by Gasteiger charge is 2.42. The second-order valence-corrected chi connectivity index (χ2v) is 10.3. The number of rotatable bonds is 6. The summed E-state index contributed by atoms with van der Waals surface area (Å²) >= 11 is 0. The van der Waals surface area contributed by atoms with Crippen LogP contribution in [0.4, 0.5) is 0 Å². The quantitative estimate of drug-likeness (QED) is 0.706. The molecule has 0 aromatic carbocycles. The molecule has 0 N–H and O–H groups in total. The van der Waals surface area contributed by atoms with Crippen LogP contribution >= 0.6 is 0 Å². The zero-order chi connectivity index (χ0) is 18.9. The molecule has 4 heteroatoms. The molecule has 3 aliphatic heterocycles. The van der Waals surface area contributed by atoms with Crippen molar-refractivity contribution in [3.8, 4) is 0 Å². The van der Waals surface area contributed by atoms with E-state index >= 15 is 0 Å². The molecule has 4 fully saturated rings. The average Bonchev–Trinajstić information content (AvgIpc) is 3.49. The number of piperazine rings is 1. The van der Waals surface area contributed by atoms with E-state index in [4.69, 9.17) is 0 Å². The van der Waals surface area contributed by atoms with E-state index in [0.29, 0.717) is 6.04 Å². The number of likely N-dealkylation sites (tertiary alicyclic amines) is 2. The van der Waals surface area contributed by atoms with Crippen molar-refractivity contribution >= 4 is 0 Å². The Bertz CT molecular complexity index is 451. The van der Waals surface area contributed by atoms with Crippen LogP contribution in [0.25, 0.3) is 0 Å². The van der Waals surface area contributed by atoms with Crippen molar-refractivity contribution in [2.75, 3.05) is 58.9 Å². The molecular weight excluding hydrogens is 332 g/mol. The first-order valence-corrected chi connectivity index (χ1v) is 12.0. The lowest BCUT2D eigenvalue weighted by Gasteiger charge is -2.46. The fraction of sp³-hybridized carbons (Fsp3) is 1.00. The Morgan fingerprint density at radius 3 is 1.74 bits per heavy atom. The van der Waals surface area contributed by atoms with Gasteiger partial charge in [0, 0.05) is 50.8 Å². The standard InChI is InChI=1S/C23H44N4/c1-4-23(9-10-23)19-24-11-5-21(6-12-24)26-13-7-22(8-14-26)27-17-15-25(16-18-27)20(2)3/h20-22H,4-19H2,1-3H3. The van der Waals surface area contributed by atoms with Crippen molar-refractivity contribution in [1.29, 1.82) is 0 Å². The Morgan fingerprint density at radius 1 is 0.741 bits per heavy atom. The van der Waals surface area contributed by atoms with E-state index in [1.54, 1.807) is 0 Å². The molecule has 0 amide bonds. The normalized spacial score (nSPS) is 30.2. The minimum atomic E-state index is 0.715. The van der Waals surface area contributed by atoms with Gasteiger partial charge < -0.3 is 9.80 Å². The first-order valence-electron chi connectivity index (χ1n) is 12.0. The number of hydrogen-bond donors (Lipinski definition) is 0. The highest BCUT2D eigenvalue weighted by molar-refractivity contribution is 4.96. The maximum absolute atomic E-state index is 2.85. The molecular formula is C23H44N4. The van der Waals surface area contributed by atoms with Crippen molar-refractivity contribution in [3.05, 3.63) is 0 Å². The van der Waals surface area contributed by atoms with Gasteiger partial charge in [0.1, 0.15) is 0 Å². The van der Waals surface area contributed by atoms with Gasteiger partial charge in [-0.2, -0.15) is 0 Å². The summed E-state index contributed by atoms with van der Waals surface area (Å²) in [4.78, 5) is 11.1. The van der Waals surface area contributed by atoms with Gasteiger partial charge in [-0.1, -0.05) is 6.92 Å². The largest absolute Gasteiger partial charge is 0.303 e. The number of piperidine rings is 2. The van der Waals surface area contributed by atoms with Crippen LogP contribution in [0, 0.1) is 5.41 Å². The van der Waals surface area contributed by atoms with Crippen molar-refractivity contribution in [3.63, 3.8) is 0 Å². The summed E-state index contributed by atoms with van der Waals surface area (Å²) in [5.41, 5.74) is 0.727. The molecule has 0 spiro atoms. The number of nitrogens with zero attached hydrogens (tertiary/aromatic N) is 4. The van der Waals surface area contributed by atoms with Gasteiger partial charge in [0.15, 0.2) is 0 Å². The van der Waals surface area contributed by atoms with Crippen LogP contribution in [-0.4, -0.2) is 96.6 Å². The molecule has 4 nitrogen and oxygen atoms in total. The monoisotopic (exact) mass is 376 g/mol. The third-order valence-electron chi connectivity index (χ3n) is 8.43. The molecule has 0 bridgehead atoms. The van der Waals surface area contributed by atoms with Gasteiger partial charge in [0.05, 0.1) is 0 Å². The first kappa shape index (κ1) is 20.1. The lowest BCUT2D eigenvalue weighted by atomic mass is 9.95. The average molecular weight is 377 g/mol. The van der Waals surface area contributed by atoms with Gasteiger partial charge in [-0.05, 0) is 90.4 Å². The molecule has 1 aliphatic carbocycles. The second kappa shape index (κ2) is 8.69. The predicted octanol–water partition coefficient (Wildman–Crippen LogP) is 3.13. The van der Waals surface area contributed by atoms with Crippen LogP contribution in [0.2, 0.25) is 0 Å². The van der Waals surface area contributed by atoms with E-state index in [0.717, 1.165) is 17.5 Å². The minimum Gasteiger partial charge on any atom is -0.303 e. The van der Waals surface area contributed by atoms with Crippen molar-refractivity contribution in [2.24, 2.45) is 5.41 Å². The fourth-order valence-corrected chi connectivity index (χ4v) is 5.95. The van der Waals surface area contributed by atoms with Gasteiger partial charge in [0.2, 0.25) is 0 Å². The van der Waals surface area contributed by atoms with E-state index in [1.807, 2.05) is 0 Å². The van der Waals surface area contributed by atoms with Gasteiger partial charge in [-0.25, -0.2) is 0 Å². The summed E-state index contributed by atoms with van der Waals surface area (Å²) in [5, 5.41) is 0. The Labute approximate surface area is 168 Å². The van der Waals surface area contributed by atoms with Gasteiger partial charge >= 0.3 is 0 Å². The van der Waals surface area contributed by atoms with Crippen LogP contribution in [0.5, 0.6) is 0 Å². The zero-order valence-electron chi connectivity index (χ0n) is 18.3. The Morgan fingerprint density at radius 2 is 1.26 bits per heavy atom. The summed E-state index contributed by atoms with van der Waals surface area (Å²) < 4.78 is 0. The molecule has 0 aromatic heterocycles. The number of hydrogen-bond acceptors (Lipinski definition) is 4. The van der Waals surface area contributed by atoms with Crippen LogP contribution < -0.4 is 0 Å². The maximum atomic E-state index is 2.85. The molecule has 1 saturated carbocycles. The third kappa shape index (κ3) is 4.88. The zero-order valence-corrected chi connectivity index (χ0v) is 18.3. The fourth-order valence-electron chi connectivity index (χ4n) is 5.95. The Hall–Kier alpha value is -0.160. The lowest BCUT2D eigenvalue weighted by molar-refractivity contribution is 0.0260. The van der Waals surface area contributed by atoms with Crippen molar-refractivity contribution in [1.82, 2.24) is 19.6 Å². The van der Waals surface area contributed by atoms with Crippen LogP contribution in [0.15, 0.2) is 0 Å². The molecule has 3 heterocycles. The van der Waals surface area contributed by atoms with Crippen LogP contribution in [-0.2, 0) is 0 Å². The lowest BCUT2D eigenvalue weighted by Crippen LogP contribution is -2.56. The van der Waals surface area contributed by atoms with Gasteiger partial charge in [-0.15, -0.1) is 0 Å². The van der Waals surface area contributed by atoms with E-state index in [2.05, 4.69) is 40.4 Å². The van der Waals surface area contributed by atoms with Crippen LogP contribution in [0.3, 0.4) is 0 Å². The van der Waals surface area contributed by atoms with E-state index in [-0.39, 0.29) is 0 Å².